The van der Waals surface area contributed by atoms with Gasteiger partial charge in [-0.1, -0.05) is 17.7 Å². The molecule has 3 amide bonds. The van der Waals surface area contributed by atoms with Crippen LogP contribution in [0.2, 0.25) is 0 Å². The molecule has 1 fully saturated rings. The summed E-state index contributed by atoms with van der Waals surface area (Å²) >= 11 is 0. The summed E-state index contributed by atoms with van der Waals surface area (Å²) in [5, 5.41) is 0. The molecular formula is C16H21N3O3. The Bertz CT molecular complexity index is 561. The first-order valence-corrected chi connectivity index (χ1v) is 7.39. The van der Waals surface area contributed by atoms with Gasteiger partial charge in [-0.15, -0.1) is 0 Å². The summed E-state index contributed by atoms with van der Waals surface area (Å²) in [5.74, 6) is -0.563. The molecular weight excluding hydrogens is 282 g/mol. The maximum Gasteiger partial charge on any atom is 0.253 e. The number of benzene rings is 1. The second-order valence-electron chi connectivity index (χ2n) is 5.51. The number of piperazine rings is 1. The number of aryl methyl sites for hydroxylation is 1. The van der Waals surface area contributed by atoms with Crippen molar-refractivity contribution in [2.24, 2.45) is 5.73 Å². The molecule has 0 spiro atoms. The second-order valence-corrected chi connectivity index (χ2v) is 5.51. The van der Waals surface area contributed by atoms with Crippen molar-refractivity contribution in [3.63, 3.8) is 0 Å². The van der Waals surface area contributed by atoms with Gasteiger partial charge in [0.05, 0.1) is 0 Å². The summed E-state index contributed by atoms with van der Waals surface area (Å²) in [6.45, 7) is 3.99. The molecule has 6 heteroatoms. The molecule has 2 N–H and O–H groups in total. The highest BCUT2D eigenvalue weighted by molar-refractivity contribution is 5.94. The normalized spacial score (nSPS) is 14.8. The van der Waals surface area contributed by atoms with Gasteiger partial charge in [0.15, 0.2) is 0 Å². The highest BCUT2D eigenvalue weighted by Crippen LogP contribution is 2.11. The molecule has 0 aliphatic carbocycles. The number of carbonyl (C=O) groups excluding carboxylic acids is 3. The van der Waals surface area contributed by atoms with E-state index in [0.717, 1.165) is 5.56 Å². The molecule has 0 radical (unpaired) electrons. The Labute approximate surface area is 129 Å². The topological polar surface area (TPSA) is 83.7 Å². The van der Waals surface area contributed by atoms with Crippen molar-refractivity contribution in [2.75, 3.05) is 26.2 Å². The van der Waals surface area contributed by atoms with Gasteiger partial charge in [-0.3, -0.25) is 14.4 Å². The third-order valence-electron chi connectivity index (χ3n) is 3.80. The van der Waals surface area contributed by atoms with Crippen LogP contribution < -0.4 is 5.73 Å². The van der Waals surface area contributed by atoms with E-state index in [-0.39, 0.29) is 24.7 Å². The quantitative estimate of drug-likeness (QED) is 0.881. The van der Waals surface area contributed by atoms with Crippen molar-refractivity contribution < 1.29 is 14.4 Å². The van der Waals surface area contributed by atoms with Crippen molar-refractivity contribution in [3.8, 4) is 0 Å². The van der Waals surface area contributed by atoms with Gasteiger partial charge < -0.3 is 15.5 Å². The summed E-state index contributed by atoms with van der Waals surface area (Å²) in [6, 6.07) is 7.47. The summed E-state index contributed by atoms with van der Waals surface area (Å²) < 4.78 is 0. The van der Waals surface area contributed by atoms with Crippen molar-refractivity contribution in [1.29, 1.82) is 0 Å². The maximum atomic E-state index is 12.4. The van der Waals surface area contributed by atoms with Gasteiger partial charge in [0, 0.05) is 44.6 Å². The zero-order chi connectivity index (χ0) is 16.1. The molecule has 1 aliphatic heterocycles. The number of nitrogens with two attached hydrogens (primary N) is 1. The molecule has 2 rings (SSSR count). The maximum absolute atomic E-state index is 12.4. The van der Waals surface area contributed by atoms with Crippen LogP contribution in [-0.4, -0.2) is 53.7 Å². The molecule has 1 aliphatic rings. The second kappa shape index (κ2) is 7.06. The van der Waals surface area contributed by atoms with E-state index in [9.17, 15) is 14.4 Å². The van der Waals surface area contributed by atoms with E-state index in [4.69, 9.17) is 5.73 Å². The van der Waals surface area contributed by atoms with Crippen LogP contribution in [0, 0.1) is 6.92 Å². The van der Waals surface area contributed by atoms with E-state index in [1.54, 1.807) is 9.80 Å². The standard InChI is InChI=1S/C16H21N3O3/c1-12-2-4-13(5-3-12)16(22)19-10-8-18(9-11-19)15(21)7-6-14(17)20/h2-5H,6-11H2,1H3,(H2,17,20). The molecule has 22 heavy (non-hydrogen) atoms. The summed E-state index contributed by atoms with van der Waals surface area (Å²) in [4.78, 5) is 38.4. The largest absolute Gasteiger partial charge is 0.370 e. The third-order valence-corrected chi connectivity index (χ3v) is 3.80. The average Bonchev–Trinajstić information content (AvgIpc) is 2.53. The molecule has 0 aromatic heterocycles. The lowest BCUT2D eigenvalue weighted by Crippen LogP contribution is -2.50. The molecule has 1 saturated heterocycles. The minimum Gasteiger partial charge on any atom is -0.370 e. The highest BCUT2D eigenvalue weighted by atomic mass is 16.2. The molecule has 6 nitrogen and oxygen atoms in total. The van der Waals surface area contributed by atoms with E-state index < -0.39 is 5.91 Å². The SMILES string of the molecule is Cc1ccc(C(=O)N2CCN(C(=O)CCC(N)=O)CC2)cc1. The number of carbonyl (C=O) groups is 3. The fourth-order valence-corrected chi connectivity index (χ4v) is 2.43. The van der Waals surface area contributed by atoms with Gasteiger partial charge in [-0.2, -0.15) is 0 Å². The van der Waals surface area contributed by atoms with Gasteiger partial charge in [-0.05, 0) is 19.1 Å². The fraction of sp³-hybridized carbons (Fsp3) is 0.438. The van der Waals surface area contributed by atoms with Gasteiger partial charge in [-0.25, -0.2) is 0 Å². The predicted octanol–water partition coefficient (Wildman–Crippen LogP) is 0.545. The highest BCUT2D eigenvalue weighted by Gasteiger charge is 2.24. The minimum absolute atomic E-state index is 0.00997. The third kappa shape index (κ3) is 4.07. The lowest BCUT2D eigenvalue weighted by molar-refractivity contribution is -0.134. The Hall–Kier alpha value is -2.37. The van der Waals surface area contributed by atoms with Crippen molar-refractivity contribution in [2.45, 2.75) is 19.8 Å². The molecule has 1 aromatic carbocycles. The first kappa shape index (κ1) is 16.0. The van der Waals surface area contributed by atoms with Crippen LogP contribution >= 0.6 is 0 Å². The Morgan fingerprint density at radius 3 is 2.05 bits per heavy atom. The lowest BCUT2D eigenvalue weighted by atomic mass is 10.1. The molecule has 0 bridgehead atoms. The lowest BCUT2D eigenvalue weighted by Gasteiger charge is -2.34. The number of amides is 3. The number of nitrogens with zero attached hydrogens (tertiary/aromatic N) is 2. The first-order chi connectivity index (χ1) is 10.5. The van der Waals surface area contributed by atoms with Crippen LogP contribution in [-0.2, 0) is 9.59 Å². The smallest absolute Gasteiger partial charge is 0.253 e. The fourth-order valence-electron chi connectivity index (χ4n) is 2.43. The summed E-state index contributed by atoms with van der Waals surface area (Å²) in [5.41, 5.74) is 6.82. The van der Waals surface area contributed by atoms with Crippen LogP contribution in [0.25, 0.3) is 0 Å². The van der Waals surface area contributed by atoms with Crippen LogP contribution in [0.3, 0.4) is 0 Å². The van der Waals surface area contributed by atoms with Gasteiger partial charge >= 0.3 is 0 Å². The molecule has 0 unspecified atom stereocenters. The number of hydrogen-bond donors (Lipinski definition) is 1. The predicted molar refractivity (Wildman–Crippen MR) is 82.1 cm³/mol. The summed E-state index contributed by atoms with van der Waals surface area (Å²) in [6.07, 6.45) is 0.211. The Kier molecular flexibility index (Phi) is 5.14. The molecule has 0 atom stereocenters. The number of rotatable bonds is 4. The minimum atomic E-state index is -0.471. The molecule has 0 saturated carbocycles. The van der Waals surface area contributed by atoms with Crippen molar-refractivity contribution in [1.82, 2.24) is 9.80 Å². The van der Waals surface area contributed by atoms with Gasteiger partial charge in [0.2, 0.25) is 11.8 Å². The van der Waals surface area contributed by atoms with Crippen LogP contribution in [0.1, 0.15) is 28.8 Å². The Balaban J connectivity index is 1.86. The monoisotopic (exact) mass is 303 g/mol. The zero-order valence-electron chi connectivity index (χ0n) is 12.7. The number of primary amides is 1. The van der Waals surface area contributed by atoms with E-state index in [0.29, 0.717) is 31.7 Å². The van der Waals surface area contributed by atoms with E-state index in [1.807, 2.05) is 31.2 Å². The first-order valence-electron chi connectivity index (χ1n) is 7.39. The molecule has 1 heterocycles. The van der Waals surface area contributed by atoms with E-state index in [2.05, 4.69) is 0 Å². The van der Waals surface area contributed by atoms with Gasteiger partial charge in [0.1, 0.15) is 0 Å². The summed E-state index contributed by atoms with van der Waals surface area (Å²) in [7, 11) is 0. The average molecular weight is 303 g/mol. The molecule has 1 aromatic rings. The van der Waals surface area contributed by atoms with Crippen LogP contribution in [0.5, 0.6) is 0 Å². The van der Waals surface area contributed by atoms with Crippen LogP contribution in [0.15, 0.2) is 24.3 Å². The Morgan fingerprint density at radius 2 is 1.50 bits per heavy atom. The van der Waals surface area contributed by atoms with Crippen molar-refractivity contribution >= 4 is 17.7 Å². The molecule has 118 valence electrons. The number of hydrogen-bond acceptors (Lipinski definition) is 3. The van der Waals surface area contributed by atoms with E-state index >= 15 is 0 Å². The van der Waals surface area contributed by atoms with Gasteiger partial charge in [0.25, 0.3) is 5.91 Å². The van der Waals surface area contributed by atoms with Crippen LogP contribution in [0.4, 0.5) is 0 Å². The van der Waals surface area contributed by atoms with E-state index in [1.165, 1.54) is 0 Å². The Morgan fingerprint density at radius 1 is 0.955 bits per heavy atom. The zero-order valence-corrected chi connectivity index (χ0v) is 12.7. The van der Waals surface area contributed by atoms with Crippen molar-refractivity contribution in [3.05, 3.63) is 35.4 Å².